The second-order valence-electron chi connectivity index (χ2n) is 14.9. The SMILES string of the molecule is CCCCCCCCCCCCCCCC(n1cc[n+](CCCCCCCCCCC)c1)C(C)(Cc1ccccc1)c1ccccc1. The van der Waals surface area contributed by atoms with Gasteiger partial charge in [0.05, 0.1) is 6.54 Å². The highest BCUT2D eigenvalue weighted by Crippen LogP contribution is 2.41. The van der Waals surface area contributed by atoms with Crippen LogP contribution >= 0.6 is 0 Å². The Morgan fingerprint density at radius 1 is 0.553 bits per heavy atom. The van der Waals surface area contributed by atoms with Crippen molar-refractivity contribution in [3.05, 3.63) is 90.5 Å². The largest absolute Gasteiger partial charge is 0.244 e. The highest BCUT2D eigenvalue weighted by atomic mass is 15.1. The average Bonchev–Trinajstić information content (AvgIpc) is 3.56. The monoisotopic (exact) mass is 642 g/mol. The maximum atomic E-state index is 2.59. The molecule has 1 heterocycles. The lowest BCUT2D eigenvalue weighted by Gasteiger charge is -2.37. The molecule has 0 aliphatic rings. The molecule has 2 atom stereocenters. The topological polar surface area (TPSA) is 8.81 Å². The number of aryl methyl sites for hydroxylation is 1. The van der Waals surface area contributed by atoms with Gasteiger partial charge in [-0.05, 0) is 43.2 Å². The number of nitrogens with zero attached hydrogens (tertiary/aromatic N) is 2. The van der Waals surface area contributed by atoms with Gasteiger partial charge in [-0.2, -0.15) is 0 Å². The maximum Gasteiger partial charge on any atom is 0.244 e. The molecule has 3 aromatic rings. The van der Waals surface area contributed by atoms with E-state index < -0.39 is 0 Å². The molecule has 0 bridgehead atoms. The standard InChI is InChI=1S/C45H73N2/c1-4-6-8-10-12-14-15-16-17-18-20-22-30-36-44(45(3,43-34-28-25-29-35-43)40-42-32-26-24-27-33-42)47-39-38-46(41-47)37-31-23-21-19-13-11-9-7-5-2/h24-29,32-35,38-39,41,44H,4-23,30-31,36-37,40H2,1-3H3/q+1. The van der Waals surface area contributed by atoms with Gasteiger partial charge in [0, 0.05) is 5.41 Å². The summed E-state index contributed by atoms with van der Waals surface area (Å²) in [5.41, 5.74) is 2.90. The number of hydrogen-bond donors (Lipinski definition) is 0. The van der Waals surface area contributed by atoms with Gasteiger partial charge in [0.15, 0.2) is 0 Å². The van der Waals surface area contributed by atoms with Crippen molar-refractivity contribution in [2.45, 2.75) is 193 Å². The average molecular weight is 642 g/mol. The molecule has 2 heteroatoms. The molecule has 2 unspecified atom stereocenters. The molecule has 1 aromatic heterocycles. The maximum absolute atomic E-state index is 2.59. The highest BCUT2D eigenvalue weighted by molar-refractivity contribution is 5.30. The fraction of sp³-hybridized carbons (Fsp3) is 0.667. The van der Waals surface area contributed by atoms with E-state index in [1.165, 1.54) is 159 Å². The summed E-state index contributed by atoms with van der Waals surface area (Å²) in [6.07, 6.45) is 40.2. The van der Waals surface area contributed by atoms with Crippen LogP contribution in [-0.4, -0.2) is 4.57 Å². The Labute approximate surface area is 291 Å². The molecule has 0 radical (unpaired) electrons. The van der Waals surface area contributed by atoms with Crippen molar-refractivity contribution in [2.75, 3.05) is 0 Å². The predicted octanol–water partition coefficient (Wildman–Crippen LogP) is 13.5. The number of aromatic nitrogens is 2. The fourth-order valence-electron chi connectivity index (χ4n) is 7.74. The summed E-state index contributed by atoms with van der Waals surface area (Å²) < 4.78 is 5.05. The van der Waals surface area contributed by atoms with Crippen LogP contribution in [0.5, 0.6) is 0 Å². The number of hydrogen-bond acceptors (Lipinski definition) is 0. The summed E-state index contributed by atoms with van der Waals surface area (Å²) in [6, 6.07) is 23.0. The third kappa shape index (κ3) is 15.6. The normalized spacial score (nSPS) is 13.5. The van der Waals surface area contributed by atoms with Gasteiger partial charge in [-0.1, -0.05) is 203 Å². The van der Waals surface area contributed by atoms with Crippen LogP contribution in [0.1, 0.15) is 186 Å². The molecule has 0 aliphatic heterocycles. The van der Waals surface area contributed by atoms with E-state index in [-0.39, 0.29) is 5.41 Å². The molecule has 262 valence electrons. The Bertz CT molecular complexity index is 1120. The van der Waals surface area contributed by atoms with Crippen LogP contribution < -0.4 is 4.57 Å². The zero-order chi connectivity index (χ0) is 33.3. The van der Waals surface area contributed by atoms with Crippen LogP contribution in [0.3, 0.4) is 0 Å². The van der Waals surface area contributed by atoms with E-state index in [1.54, 1.807) is 0 Å². The summed E-state index contributed by atoms with van der Waals surface area (Å²) in [4.78, 5) is 0. The quantitative estimate of drug-likeness (QED) is 0.0527. The molecular weight excluding hydrogens is 569 g/mol. The first kappa shape index (κ1) is 39.1. The third-order valence-corrected chi connectivity index (χ3v) is 10.8. The first-order valence-corrected chi connectivity index (χ1v) is 20.3. The second-order valence-corrected chi connectivity index (χ2v) is 14.9. The smallest absolute Gasteiger partial charge is 0.237 e. The van der Waals surface area contributed by atoms with Gasteiger partial charge < -0.3 is 0 Å². The summed E-state index contributed by atoms with van der Waals surface area (Å²) in [5.74, 6) is 0. The molecule has 3 rings (SSSR count). The molecule has 0 spiro atoms. The van der Waals surface area contributed by atoms with Crippen molar-refractivity contribution >= 4 is 0 Å². The molecule has 47 heavy (non-hydrogen) atoms. The van der Waals surface area contributed by atoms with Crippen LogP contribution in [0, 0.1) is 0 Å². The zero-order valence-electron chi connectivity index (χ0n) is 31.2. The number of unbranched alkanes of at least 4 members (excludes halogenated alkanes) is 20. The van der Waals surface area contributed by atoms with E-state index in [4.69, 9.17) is 0 Å². The van der Waals surface area contributed by atoms with Crippen molar-refractivity contribution in [2.24, 2.45) is 0 Å². The van der Waals surface area contributed by atoms with Gasteiger partial charge in [0.1, 0.15) is 18.4 Å². The van der Waals surface area contributed by atoms with Gasteiger partial charge in [-0.3, -0.25) is 0 Å². The Hall–Kier alpha value is -2.35. The Morgan fingerprint density at radius 3 is 1.51 bits per heavy atom. The molecule has 0 saturated heterocycles. The van der Waals surface area contributed by atoms with Crippen LogP contribution in [0.25, 0.3) is 0 Å². The van der Waals surface area contributed by atoms with Crippen molar-refractivity contribution in [1.82, 2.24) is 4.57 Å². The van der Waals surface area contributed by atoms with E-state index >= 15 is 0 Å². The molecular formula is C45H73N2+. The van der Waals surface area contributed by atoms with Crippen LogP contribution in [0.15, 0.2) is 79.4 Å². The first-order chi connectivity index (χ1) is 23.2. The van der Waals surface area contributed by atoms with Gasteiger partial charge in [-0.15, -0.1) is 0 Å². The molecule has 2 nitrogen and oxygen atoms in total. The number of benzene rings is 2. The van der Waals surface area contributed by atoms with Gasteiger partial charge >= 0.3 is 0 Å². The van der Waals surface area contributed by atoms with Crippen LogP contribution in [-0.2, 0) is 18.4 Å². The molecule has 2 aromatic carbocycles. The van der Waals surface area contributed by atoms with Crippen LogP contribution in [0.2, 0.25) is 0 Å². The van der Waals surface area contributed by atoms with E-state index in [1.807, 2.05) is 0 Å². The third-order valence-electron chi connectivity index (χ3n) is 10.8. The van der Waals surface area contributed by atoms with Crippen molar-refractivity contribution in [3.63, 3.8) is 0 Å². The van der Waals surface area contributed by atoms with E-state index in [9.17, 15) is 0 Å². The molecule has 0 fully saturated rings. The minimum absolute atomic E-state index is 0.00830. The Kier molecular flexibility index (Phi) is 20.6. The Morgan fingerprint density at radius 2 is 1.00 bits per heavy atom. The van der Waals surface area contributed by atoms with Crippen LogP contribution in [0.4, 0.5) is 0 Å². The minimum atomic E-state index is 0.00830. The minimum Gasteiger partial charge on any atom is -0.237 e. The summed E-state index contributed by atoms with van der Waals surface area (Å²) in [5, 5.41) is 0. The van der Waals surface area contributed by atoms with Gasteiger partial charge in [0.2, 0.25) is 6.33 Å². The molecule has 0 amide bonds. The van der Waals surface area contributed by atoms with Gasteiger partial charge in [-0.25, -0.2) is 9.13 Å². The lowest BCUT2D eigenvalue weighted by molar-refractivity contribution is -0.697. The fourth-order valence-corrected chi connectivity index (χ4v) is 7.74. The Balaban J connectivity index is 1.57. The second kappa shape index (κ2) is 24.7. The van der Waals surface area contributed by atoms with E-state index in [2.05, 4.69) is 109 Å². The summed E-state index contributed by atoms with van der Waals surface area (Å²) in [7, 11) is 0. The van der Waals surface area contributed by atoms with E-state index in [0.717, 1.165) is 13.0 Å². The van der Waals surface area contributed by atoms with Crippen molar-refractivity contribution in [3.8, 4) is 0 Å². The highest BCUT2D eigenvalue weighted by Gasteiger charge is 2.40. The zero-order valence-corrected chi connectivity index (χ0v) is 31.2. The summed E-state index contributed by atoms with van der Waals surface area (Å²) >= 11 is 0. The van der Waals surface area contributed by atoms with Crippen molar-refractivity contribution < 1.29 is 4.57 Å². The van der Waals surface area contributed by atoms with E-state index in [0.29, 0.717) is 6.04 Å². The predicted molar refractivity (Wildman–Crippen MR) is 205 cm³/mol. The lowest BCUT2D eigenvalue weighted by atomic mass is 9.70. The molecule has 0 saturated carbocycles. The van der Waals surface area contributed by atoms with Crippen molar-refractivity contribution in [1.29, 1.82) is 0 Å². The number of imidazole rings is 1. The lowest BCUT2D eigenvalue weighted by Crippen LogP contribution is -2.38. The first-order valence-electron chi connectivity index (χ1n) is 20.3. The summed E-state index contributed by atoms with van der Waals surface area (Å²) in [6.45, 7) is 8.28. The molecule has 0 aliphatic carbocycles. The number of rotatable bonds is 29. The molecule has 0 N–H and O–H groups in total. The van der Waals surface area contributed by atoms with Gasteiger partial charge in [0.25, 0.3) is 0 Å².